The van der Waals surface area contributed by atoms with Crippen LogP contribution < -0.4 is 14.6 Å². The smallest absolute Gasteiger partial charge is 0.441 e. The first-order chi connectivity index (χ1) is 8.81. The van der Waals surface area contributed by atoms with E-state index in [1.54, 1.807) is 0 Å². The van der Waals surface area contributed by atoms with Gasteiger partial charge in [-0.25, -0.2) is 4.79 Å². The van der Waals surface area contributed by atoms with Crippen LogP contribution in [-0.4, -0.2) is 32.3 Å². The van der Waals surface area contributed by atoms with Gasteiger partial charge in [0, 0.05) is 0 Å². The molecule has 1 aromatic rings. The Balaban J connectivity index is 3.16. The Kier molecular flexibility index (Phi) is 4.26. The van der Waals surface area contributed by atoms with Crippen molar-refractivity contribution in [1.82, 2.24) is 0 Å². The molecule has 0 bridgehead atoms. The Morgan fingerprint density at radius 3 is 2.32 bits per heavy atom. The van der Waals surface area contributed by atoms with Gasteiger partial charge in [-0.2, -0.15) is 8.78 Å². The number of carboxylic acids is 1. The highest BCUT2D eigenvalue weighted by Crippen LogP contribution is 2.32. The molecule has 1 rings (SSSR count). The number of aliphatic carboxylic acids is 1. The molecule has 0 unspecified atom stereocenters. The highest BCUT2D eigenvalue weighted by molar-refractivity contribution is 5.90. The number of esters is 1. The standard InChI is InChI=1S/C11H10F2O6/c1-17-7-4-3-6(9(14)18-2)5-8(7)19-11(12,13)10(15)16/h3-5H,1-2H3,(H,15,16)/p-1. The molecule has 0 aliphatic heterocycles. The molecule has 0 amide bonds. The first kappa shape index (κ1) is 14.7. The molecule has 8 heteroatoms. The van der Waals surface area contributed by atoms with Crippen molar-refractivity contribution in [3.8, 4) is 11.5 Å². The summed E-state index contributed by atoms with van der Waals surface area (Å²) in [5.41, 5.74) is -0.104. The Labute approximate surface area is 106 Å². The van der Waals surface area contributed by atoms with E-state index in [9.17, 15) is 23.5 Å². The molecule has 1 aromatic carbocycles. The second-order valence-electron chi connectivity index (χ2n) is 3.26. The number of hydrogen-bond acceptors (Lipinski definition) is 6. The third kappa shape index (κ3) is 3.30. The minimum absolute atomic E-state index is 0.104. The van der Waals surface area contributed by atoms with E-state index in [1.165, 1.54) is 6.07 Å². The number of ether oxygens (including phenoxy) is 3. The number of alkyl halides is 2. The van der Waals surface area contributed by atoms with Crippen molar-refractivity contribution in [1.29, 1.82) is 0 Å². The number of benzene rings is 1. The van der Waals surface area contributed by atoms with Gasteiger partial charge in [-0.05, 0) is 18.2 Å². The summed E-state index contributed by atoms with van der Waals surface area (Å²) in [6.07, 6.45) is -4.55. The number of hydrogen-bond donors (Lipinski definition) is 0. The zero-order valence-electron chi connectivity index (χ0n) is 9.94. The maximum atomic E-state index is 12.9. The maximum absolute atomic E-state index is 12.9. The molecule has 19 heavy (non-hydrogen) atoms. The van der Waals surface area contributed by atoms with Crippen LogP contribution in [0.5, 0.6) is 11.5 Å². The van der Waals surface area contributed by atoms with Gasteiger partial charge in [0.1, 0.15) is 0 Å². The molecule has 0 fully saturated rings. The summed E-state index contributed by atoms with van der Waals surface area (Å²) < 4.78 is 38.9. The van der Waals surface area contributed by atoms with Gasteiger partial charge < -0.3 is 24.1 Å². The Hall–Kier alpha value is -2.38. The summed E-state index contributed by atoms with van der Waals surface area (Å²) in [4.78, 5) is 21.4. The van der Waals surface area contributed by atoms with Crippen LogP contribution in [0.15, 0.2) is 18.2 Å². The van der Waals surface area contributed by atoms with Crippen LogP contribution in [0.4, 0.5) is 8.78 Å². The summed E-state index contributed by atoms with van der Waals surface area (Å²) in [7, 11) is 2.26. The average molecular weight is 275 g/mol. The third-order valence-electron chi connectivity index (χ3n) is 2.06. The Bertz CT molecular complexity index is 500. The van der Waals surface area contributed by atoms with Crippen molar-refractivity contribution in [2.24, 2.45) is 0 Å². The van der Waals surface area contributed by atoms with Crippen molar-refractivity contribution < 1.29 is 37.7 Å². The van der Waals surface area contributed by atoms with Crippen LogP contribution in [0.25, 0.3) is 0 Å². The number of methoxy groups -OCH3 is 2. The van der Waals surface area contributed by atoms with E-state index >= 15 is 0 Å². The van der Waals surface area contributed by atoms with Crippen LogP contribution >= 0.6 is 0 Å². The molecule has 0 radical (unpaired) electrons. The molecule has 6 nitrogen and oxygen atoms in total. The summed E-state index contributed by atoms with van der Waals surface area (Å²) in [5.74, 6) is -4.31. The zero-order valence-corrected chi connectivity index (χ0v) is 9.94. The molecule has 0 aromatic heterocycles. The molecule has 0 saturated heterocycles. The second kappa shape index (κ2) is 5.51. The quantitative estimate of drug-likeness (QED) is 0.714. The van der Waals surface area contributed by atoms with E-state index in [4.69, 9.17) is 4.74 Å². The normalized spacial score (nSPS) is 10.7. The van der Waals surface area contributed by atoms with E-state index < -0.39 is 23.8 Å². The number of carbonyl (C=O) groups is 2. The van der Waals surface area contributed by atoms with E-state index in [0.29, 0.717) is 0 Å². The molecule has 0 spiro atoms. The first-order valence-electron chi connectivity index (χ1n) is 4.86. The molecular formula is C11H9F2O6-. The molecule has 0 aliphatic carbocycles. The number of rotatable bonds is 5. The van der Waals surface area contributed by atoms with Crippen molar-refractivity contribution in [3.63, 3.8) is 0 Å². The number of carbonyl (C=O) groups excluding carboxylic acids is 2. The fourth-order valence-corrected chi connectivity index (χ4v) is 1.18. The molecule has 0 N–H and O–H groups in total. The van der Waals surface area contributed by atoms with Gasteiger partial charge in [0.2, 0.25) is 0 Å². The zero-order chi connectivity index (χ0) is 14.6. The second-order valence-corrected chi connectivity index (χ2v) is 3.26. The van der Waals surface area contributed by atoms with E-state index in [-0.39, 0.29) is 11.3 Å². The van der Waals surface area contributed by atoms with Gasteiger partial charge >= 0.3 is 12.1 Å². The fraction of sp³-hybridized carbons (Fsp3) is 0.273. The topological polar surface area (TPSA) is 84.9 Å². The van der Waals surface area contributed by atoms with Gasteiger partial charge in [0.15, 0.2) is 17.5 Å². The summed E-state index contributed by atoms with van der Waals surface area (Å²) in [5, 5.41) is 10.2. The molecule has 104 valence electrons. The fourth-order valence-electron chi connectivity index (χ4n) is 1.18. The summed E-state index contributed by atoms with van der Waals surface area (Å²) >= 11 is 0. The van der Waals surface area contributed by atoms with E-state index in [1.807, 2.05) is 0 Å². The van der Waals surface area contributed by atoms with Crippen molar-refractivity contribution in [2.45, 2.75) is 6.11 Å². The lowest BCUT2D eigenvalue weighted by Gasteiger charge is -2.20. The predicted molar refractivity (Wildman–Crippen MR) is 54.9 cm³/mol. The number of halogens is 2. The number of carboxylic acid groups (broad SMARTS) is 1. The average Bonchev–Trinajstić information content (AvgIpc) is 2.37. The lowest BCUT2D eigenvalue weighted by Crippen LogP contribution is -2.45. The molecule has 0 saturated carbocycles. The van der Waals surface area contributed by atoms with Crippen LogP contribution in [-0.2, 0) is 9.53 Å². The van der Waals surface area contributed by atoms with Gasteiger partial charge in [-0.3, -0.25) is 0 Å². The lowest BCUT2D eigenvalue weighted by molar-refractivity contribution is -0.350. The third-order valence-corrected chi connectivity index (χ3v) is 2.06. The highest BCUT2D eigenvalue weighted by Gasteiger charge is 2.35. The minimum Gasteiger partial charge on any atom is -0.541 e. The largest absolute Gasteiger partial charge is 0.541 e. The molecular weight excluding hydrogens is 266 g/mol. The first-order valence-corrected chi connectivity index (χ1v) is 4.86. The Morgan fingerprint density at radius 2 is 1.84 bits per heavy atom. The minimum atomic E-state index is -4.55. The van der Waals surface area contributed by atoms with Crippen LogP contribution in [0.1, 0.15) is 10.4 Å². The van der Waals surface area contributed by atoms with E-state index in [0.717, 1.165) is 26.4 Å². The predicted octanol–water partition coefficient (Wildman–Crippen LogP) is 0.203. The SMILES string of the molecule is COC(=O)c1ccc(OC)c(OC(F)(F)C(=O)[O-])c1. The maximum Gasteiger partial charge on any atom is 0.441 e. The van der Waals surface area contributed by atoms with Gasteiger partial charge in [-0.15, -0.1) is 0 Å². The monoisotopic (exact) mass is 275 g/mol. The van der Waals surface area contributed by atoms with Crippen LogP contribution in [0.3, 0.4) is 0 Å². The van der Waals surface area contributed by atoms with Crippen molar-refractivity contribution >= 4 is 11.9 Å². The molecule has 0 aliphatic rings. The van der Waals surface area contributed by atoms with Gasteiger partial charge in [-0.1, -0.05) is 0 Å². The van der Waals surface area contributed by atoms with Gasteiger partial charge in [0.05, 0.1) is 19.8 Å². The van der Waals surface area contributed by atoms with E-state index in [2.05, 4.69) is 9.47 Å². The Morgan fingerprint density at radius 1 is 1.21 bits per heavy atom. The molecule has 0 heterocycles. The van der Waals surface area contributed by atoms with Gasteiger partial charge in [0.25, 0.3) is 0 Å². The lowest BCUT2D eigenvalue weighted by atomic mass is 10.2. The van der Waals surface area contributed by atoms with Crippen molar-refractivity contribution in [3.05, 3.63) is 23.8 Å². The summed E-state index contributed by atoms with van der Waals surface area (Å²) in [6, 6.07) is 3.28. The summed E-state index contributed by atoms with van der Waals surface area (Å²) in [6.45, 7) is 0. The van der Waals surface area contributed by atoms with Crippen LogP contribution in [0, 0.1) is 0 Å². The van der Waals surface area contributed by atoms with Crippen molar-refractivity contribution in [2.75, 3.05) is 14.2 Å². The molecule has 0 atom stereocenters. The highest BCUT2D eigenvalue weighted by atomic mass is 19.3. The van der Waals surface area contributed by atoms with Crippen LogP contribution in [0.2, 0.25) is 0 Å².